The third-order valence-electron chi connectivity index (χ3n) is 5.61. The lowest BCUT2D eigenvalue weighted by Gasteiger charge is -2.12. The van der Waals surface area contributed by atoms with Crippen LogP contribution in [0.5, 0.6) is 0 Å². The van der Waals surface area contributed by atoms with Crippen LogP contribution in [0.3, 0.4) is 0 Å². The molecule has 5 rings (SSSR count). The highest BCUT2D eigenvalue weighted by Gasteiger charge is 2.31. The van der Waals surface area contributed by atoms with E-state index in [0.717, 1.165) is 12.0 Å². The van der Waals surface area contributed by atoms with Crippen LogP contribution in [0.1, 0.15) is 12.0 Å². The smallest absolute Gasteiger partial charge is 0.212 e. The standard InChI is InChI=1S/C22H22N4O3S/c1-14-6-8-16(9-7-14)30(27,28)20-19-22(25-18-5-3-2-4-17(18)24-19)26(21(20)23)12-15-10-11-29-13-15/h2-9,15H,10-13,23H2,1H3/t15-/m1/s1. The van der Waals surface area contributed by atoms with Crippen molar-refractivity contribution in [1.82, 2.24) is 14.5 Å². The summed E-state index contributed by atoms with van der Waals surface area (Å²) in [7, 11) is -3.87. The quantitative estimate of drug-likeness (QED) is 0.541. The van der Waals surface area contributed by atoms with Crippen LogP contribution in [0, 0.1) is 12.8 Å². The van der Waals surface area contributed by atoms with Crippen molar-refractivity contribution in [3.63, 3.8) is 0 Å². The summed E-state index contributed by atoms with van der Waals surface area (Å²) in [5.41, 5.74) is 9.59. The first-order valence-corrected chi connectivity index (χ1v) is 11.4. The first kappa shape index (κ1) is 19.0. The summed E-state index contributed by atoms with van der Waals surface area (Å²) in [6, 6.07) is 14.2. The number of nitrogens with two attached hydrogens (primary N) is 1. The number of fused-ring (bicyclic) bond motifs is 2. The molecule has 30 heavy (non-hydrogen) atoms. The SMILES string of the molecule is Cc1ccc(S(=O)(=O)c2c(N)n(C[C@H]3CCOC3)c3nc4ccccc4nc23)cc1. The van der Waals surface area contributed by atoms with Crippen LogP contribution in [0.25, 0.3) is 22.2 Å². The fourth-order valence-corrected chi connectivity index (χ4v) is 5.47. The fourth-order valence-electron chi connectivity index (χ4n) is 3.96. The number of rotatable bonds is 4. The lowest BCUT2D eigenvalue weighted by molar-refractivity contribution is 0.183. The highest BCUT2D eigenvalue weighted by molar-refractivity contribution is 7.92. The zero-order valence-electron chi connectivity index (χ0n) is 16.6. The second kappa shape index (κ2) is 7.07. The third kappa shape index (κ3) is 3.03. The normalized spacial score (nSPS) is 17.2. The summed E-state index contributed by atoms with van der Waals surface area (Å²) in [6.07, 6.45) is 0.903. The van der Waals surface area contributed by atoms with Gasteiger partial charge < -0.3 is 15.0 Å². The Bertz CT molecular complexity index is 1350. The number of anilines is 1. The topological polar surface area (TPSA) is 100 Å². The predicted octanol–water partition coefficient (Wildman–Crippen LogP) is 3.34. The number of nitrogen functional groups attached to an aromatic ring is 1. The summed E-state index contributed by atoms with van der Waals surface area (Å²) in [5.74, 6) is 0.430. The minimum atomic E-state index is -3.87. The molecule has 1 fully saturated rings. The van der Waals surface area contributed by atoms with E-state index in [9.17, 15) is 8.42 Å². The maximum absolute atomic E-state index is 13.6. The maximum atomic E-state index is 13.6. The summed E-state index contributed by atoms with van der Waals surface area (Å²) in [6.45, 7) is 3.78. The van der Waals surface area contributed by atoms with Crippen molar-refractivity contribution < 1.29 is 13.2 Å². The highest BCUT2D eigenvalue weighted by atomic mass is 32.2. The summed E-state index contributed by atoms with van der Waals surface area (Å²) >= 11 is 0. The summed E-state index contributed by atoms with van der Waals surface area (Å²) < 4.78 is 34.4. The van der Waals surface area contributed by atoms with E-state index in [0.29, 0.717) is 42.0 Å². The monoisotopic (exact) mass is 422 g/mol. The molecule has 7 nitrogen and oxygen atoms in total. The first-order chi connectivity index (χ1) is 14.4. The number of aromatic nitrogens is 3. The zero-order chi connectivity index (χ0) is 20.9. The van der Waals surface area contributed by atoms with Gasteiger partial charge in [0.05, 0.1) is 22.5 Å². The number of hydrogen-bond acceptors (Lipinski definition) is 6. The second-order valence-corrected chi connectivity index (χ2v) is 9.64. The molecule has 0 amide bonds. The van der Waals surface area contributed by atoms with Crippen molar-refractivity contribution in [2.45, 2.75) is 29.7 Å². The molecule has 8 heteroatoms. The first-order valence-electron chi connectivity index (χ1n) is 9.89. The van der Waals surface area contributed by atoms with E-state index in [1.807, 2.05) is 31.2 Å². The van der Waals surface area contributed by atoms with Gasteiger partial charge in [-0.1, -0.05) is 29.8 Å². The number of hydrogen-bond donors (Lipinski definition) is 1. The van der Waals surface area contributed by atoms with Crippen LogP contribution in [-0.4, -0.2) is 36.2 Å². The number of benzene rings is 2. The van der Waals surface area contributed by atoms with Crippen molar-refractivity contribution in [3.05, 3.63) is 54.1 Å². The van der Waals surface area contributed by atoms with Gasteiger partial charge in [0.2, 0.25) is 9.84 Å². The van der Waals surface area contributed by atoms with Crippen LogP contribution in [-0.2, 0) is 21.1 Å². The van der Waals surface area contributed by atoms with Gasteiger partial charge in [0.1, 0.15) is 16.2 Å². The van der Waals surface area contributed by atoms with Crippen molar-refractivity contribution in [2.24, 2.45) is 5.92 Å². The molecule has 0 unspecified atom stereocenters. The Kier molecular flexibility index (Phi) is 4.48. The number of nitrogens with zero attached hydrogens (tertiary/aromatic N) is 3. The summed E-state index contributed by atoms with van der Waals surface area (Å²) in [5, 5.41) is 0. The van der Waals surface area contributed by atoms with E-state index in [1.165, 1.54) is 0 Å². The van der Waals surface area contributed by atoms with Crippen LogP contribution >= 0.6 is 0 Å². The number of sulfone groups is 1. The maximum Gasteiger partial charge on any atom is 0.212 e. The van der Waals surface area contributed by atoms with Crippen molar-refractivity contribution in [1.29, 1.82) is 0 Å². The Morgan fingerprint density at radius 2 is 1.80 bits per heavy atom. The zero-order valence-corrected chi connectivity index (χ0v) is 17.4. The molecule has 4 aromatic rings. The second-order valence-electron chi connectivity index (χ2n) is 7.76. The largest absolute Gasteiger partial charge is 0.384 e. The molecule has 1 atom stereocenters. The van der Waals surface area contributed by atoms with Gasteiger partial charge in [-0.05, 0) is 37.6 Å². The molecule has 0 saturated carbocycles. The van der Waals surface area contributed by atoms with Gasteiger partial charge in [-0.3, -0.25) is 0 Å². The molecule has 0 spiro atoms. The Labute approximate surface area is 174 Å². The van der Waals surface area contributed by atoms with Crippen molar-refractivity contribution >= 4 is 37.9 Å². The number of aryl methyl sites for hydroxylation is 1. The van der Waals surface area contributed by atoms with Crippen LogP contribution in [0.15, 0.2) is 58.3 Å². The molecule has 1 aliphatic heterocycles. The Balaban J connectivity index is 1.79. The van der Waals surface area contributed by atoms with Gasteiger partial charge >= 0.3 is 0 Å². The average Bonchev–Trinajstić information content (AvgIpc) is 3.34. The van der Waals surface area contributed by atoms with Crippen LogP contribution in [0.4, 0.5) is 5.82 Å². The molecule has 1 aliphatic rings. The van der Waals surface area contributed by atoms with E-state index in [1.54, 1.807) is 28.8 Å². The minimum absolute atomic E-state index is 0.0264. The Morgan fingerprint density at radius 3 is 2.47 bits per heavy atom. The Hall–Kier alpha value is -2.97. The van der Waals surface area contributed by atoms with Crippen LogP contribution in [0.2, 0.25) is 0 Å². The fraction of sp³-hybridized carbons (Fsp3) is 0.273. The molecule has 1 saturated heterocycles. The molecule has 154 valence electrons. The molecule has 0 aliphatic carbocycles. The molecule has 0 bridgehead atoms. The van der Waals surface area contributed by atoms with E-state index in [4.69, 9.17) is 15.5 Å². The molecule has 2 N–H and O–H groups in total. The lowest BCUT2D eigenvalue weighted by Crippen LogP contribution is -2.14. The lowest BCUT2D eigenvalue weighted by atomic mass is 10.1. The predicted molar refractivity (Wildman–Crippen MR) is 115 cm³/mol. The van der Waals surface area contributed by atoms with Gasteiger partial charge in [0.15, 0.2) is 5.65 Å². The molecular weight excluding hydrogens is 400 g/mol. The van der Waals surface area contributed by atoms with Gasteiger partial charge in [0.25, 0.3) is 0 Å². The number of ether oxygens (including phenoxy) is 1. The van der Waals surface area contributed by atoms with Gasteiger partial charge in [-0.15, -0.1) is 0 Å². The summed E-state index contributed by atoms with van der Waals surface area (Å²) in [4.78, 5) is 9.63. The van der Waals surface area contributed by atoms with Crippen LogP contribution < -0.4 is 5.73 Å². The van der Waals surface area contributed by atoms with E-state index >= 15 is 0 Å². The van der Waals surface area contributed by atoms with E-state index in [-0.39, 0.29) is 21.5 Å². The van der Waals surface area contributed by atoms with Crippen molar-refractivity contribution in [3.8, 4) is 0 Å². The van der Waals surface area contributed by atoms with Crippen molar-refractivity contribution in [2.75, 3.05) is 18.9 Å². The minimum Gasteiger partial charge on any atom is -0.384 e. The Morgan fingerprint density at radius 1 is 1.10 bits per heavy atom. The van der Waals surface area contributed by atoms with Gasteiger partial charge in [-0.2, -0.15) is 0 Å². The number of para-hydroxylation sites is 2. The highest BCUT2D eigenvalue weighted by Crippen LogP contribution is 2.36. The third-order valence-corrected chi connectivity index (χ3v) is 7.44. The molecule has 0 radical (unpaired) electrons. The van der Waals surface area contributed by atoms with Gasteiger partial charge in [0, 0.05) is 19.1 Å². The molecule has 2 aromatic carbocycles. The molecular formula is C22H22N4O3S. The molecule has 3 heterocycles. The average molecular weight is 423 g/mol. The molecule has 2 aromatic heterocycles. The van der Waals surface area contributed by atoms with E-state index in [2.05, 4.69) is 4.98 Å². The van der Waals surface area contributed by atoms with Gasteiger partial charge in [-0.25, -0.2) is 18.4 Å². The van der Waals surface area contributed by atoms with E-state index < -0.39 is 9.84 Å².